The molecule has 0 aromatic heterocycles. The zero-order chi connectivity index (χ0) is 14.6. The summed E-state index contributed by atoms with van der Waals surface area (Å²) in [5.74, 6) is 0. The first-order valence-corrected chi connectivity index (χ1v) is 7.67. The molecule has 1 rings (SSSR count). The average molecular weight is 319 g/mol. The van der Waals surface area contributed by atoms with Crippen molar-refractivity contribution in [2.75, 3.05) is 0 Å². The summed E-state index contributed by atoms with van der Waals surface area (Å²) in [7, 11) is -1.29. The van der Waals surface area contributed by atoms with Gasteiger partial charge < -0.3 is 0 Å². The number of nitrogens with one attached hydrogen (secondary N) is 1. The topological polar surface area (TPSA) is 52.9 Å². The molecule has 0 saturated heterocycles. The Morgan fingerprint density at radius 1 is 1.42 bits per heavy atom. The fourth-order valence-electron chi connectivity index (χ4n) is 1.40. The highest BCUT2D eigenvalue weighted by Gasteiger charge is 2.25. The monoisotopic (exact) mass is 318 g/mol. The van der Waals surface area contributed by atoms with E-state index in [9.17, 15) is 4.21 Å². The van der Waals surface area contributed by atoms with Gasteiger partial charge in [0.1, 0.15) is 0 Å². The summed E-state index contributed by atoms with van der Waals surface area (Å²) < 4.78 is 14.7. The third-order valence-corrected chi connectivity index (χ3v) is 4.90. The molecule has 0 heterocycles. The highest BCUT2D eigenvalue weighted by atomic mass is 35.5. The largest absolute Gasteiger partial charge is 0.242 e. The van der Waals surface area contributed by atoms with Gasteiger partial charge in [-0.1, -0.05) is 35.3 Å². The van der Waals surface area contributed by atoms with E-state index in [-0.39, 0.29) is 6.42 Å². The molecule has 104 valence electrons. The van der Waals surface area contributed by atoms with Gasteiger partial charge in [0.25, 0.3) is 0 Å². The van der Waals surface area contributed by atoms with Crippen LogP contribution in [0.1, 0.15) is 38.8 Å². The van der Waals surface area contributed by atoms with E-state index in [1.54, 1.807) is 18.2 Å². The van der Waals surface area contributed by atoms with Crippen LogP contribution >= 0.6 is 23.2 Å². The molecule has 0 saturated carbocycles. The van der Waals surface area contributed by atoms with Gasteiger partial charge in [-0.3, -0.25) is 0 Å². The van der Waals surface area contributed by atoms with E-state index in [0.29, 0.717) is 15.6 Å². The van der Waals surface area contributed by atoms with Crippen molar-refractivity contribution in [1.29, 1.82) is 5.26 Å². The van der Waals surface area contributed by atoms with E-state index < -0.39 is 21.8 Å². The van der Waals surface area contributed by atoms with E-state index in [0.717, 1.165) is 0 Å². The molecule has 2 atom stereocenters. The van der Waals surface area contributed by atoms with E-state index in [1.807, 2.05) is 20.8 Å². The smallest absolute Gasteiger partial charge is 0.0976 e. The number of hydrogen-bond donors (Lipinski definition) is 1. The Bertz CT molecular complexity index is 520. The standard InChI is InChI=1S/C13H16Cl2N2OS/c1-13(2,3)19(18)17-11(7-8-16)9-5-4-6-10(14)12(9)15/h4-6,11,17H,7H2,1-3H3/t11?,19-/m1/s1. The Kier molecular flexibility index (Phi) is 5.82. The lowest BCUT2D eigenvalue weighted by atomic mass is 10.1. The van der Waals surface area contributed by atoms with Crippen molar-refractivity contribution in [3.63, 3.8) is 0 Å². The van der Waals surface area contributed by atoms with Crippen LogP contribution < -0.4 is 4.72 Å². The summed E-state index contributed by atoms with van der Waals surface area (Å²) in [5, 5.41) is 9.72. The number of benzene rings is 1. The molecule has 0 radical (unpaired) electrons. The molecule has 0 spiro atoms. The SMILES string of the molecule is CC(C)(C)[S@@](=O)NC(CC#N)c1cccc(Cl)c1Cl. The molecule has 3 nitrogen and oxygen atoms in total. The molecular formula is C13H16Cl2N2OS. The number of hydrogen-bond acceptors (Lipinski definition) is 2. The Balaban J connectivity index is 3.05. The quantitative estimate of drug-likeness (QED) is 0.912. The maximum absolute atomic E-state index is 12.1. The van der Waals surface area contributed by atoms with Crippen LogP contribution in [0.15, 0.2) is 18.2 Å². The molecule has 0 amide bonds. The van der Waals surface area contributed by atoms with E-state index in [1.165, 1.54) is 0 Å². The van der Waals surface area contributed by atoms with Gasteiger partial charge in [0.05, 0.1) is 44.3 Å². The van der Waals surface area contributed by atoms with Gasteiger partial charge in [0, 0.05) is 0 Å². The second-order valence-electron chi connectivity index (χ2n) is 5.06. The van der Waals surface area contributed by atoms with Crippen LogP contribution in [-0.4, -0.2) is 8.96 Å². The summed E-state index contributed by atoms with van der Waals surface area (Å²) in [4.78, 5) is 0. The molecule has 0 aliphatic carbocycles. The molecule has 6 heteroatoms. The van der Waals surface area contributed by atoms with Gasteiger partial charge in [0.2, 0.25) is 0 Å². The summed E-state index contributed by atoms with van der Waals surface area (Å²) in [6.07, 6.45) is 0.169. The van der Waals surface area contributed by atoms with Gasteiger partial charge in [-0.2, -0.15) is 5.26 Å². The Hall–Kier alpha value is -0.600. The first-order valence-electron chi connectivity index (χ1n) is 5.76. The molecule has 1 unspecified atom stereocenters. The van der Waals surface area contributed by atoms with Crippen LogP contribution in [0.2, 0.25) is 10.0 Å². The second-order valence-corrected chi connectivity index (χ2v) is 7.84. The van der Waals surface area contributed by atoms with Crippen LogP contribution in [0.4, 0.5) is 0 Å². The first kappa shape index (κ1) is 16.5. The van der Waals surface area contributed by atoms with E-state index in [4.69, 9.17) is 28.5 Å². The summed E-state index contributed by atoms with van der Waals surface area (Å²) in [6.45, 7) is 5.58. The lowest BCUT2D eigenvalue weighted by Gasteiger charge is -2.23. The van der Waals surface area contributed by atoms with Gasteiger partial charge >= 0.3 is 0 Å². The van der Waals surface area contributed by atoms with Crippen LogP contribution in [0.25, 0.3) is 0 Å². The highest BCUT2D eigenvalue weighted by molar-refractivity contribution is 7.84. The second kappa shape index (κ2) is 6.71. The van der Waals surface area contributed by atoms with Crippen molar-refractivity contribution in [1.82, 2.24) is 4.72 Å². The molecule has 1 aromatic carbocycles. The van der Waals surface area contributed by atoms with Crippen LogP contribution in [0.5, 0.6) is 0 Å². The molecular weight excluding hydrogens is 303 g/mol. The van der Waals surface area contributed by atoms with Crippen molar-refractivity contribution >= 4 is 34.2 Å². The Morgan fingerprint density at radius 3 is 2.58 bits per heavy atom. The third-order valence-electron chi connectivity index (χ3n) is 2.46. The van der Waals surface area contributed by atoms with Crippen LogP contribution in [-0.2, 0) is 11.0 Å². The van der Waals surface area contributed by atoms with Crippen LogP contribution in [0, 0.1) is 11.3 Å². The average Bonchev–Trinajstić information content (AvgIpc) is 2.31. The van der Waals surface area contributed by atoms with Crippen molar-refractivity contribution in [3.8, 4) is 6.07 Å². The Morgan fingerprint density at radius 2 is 2.05 bits per heavy atom. The molecule has 0 bridgehead atoms. The molecule has 0 fully saturated rings. The molecule has 1 N–H and O–H groups in total. The predicted molar refractivity (Wildman–Crippen MR) is 80.5 cm³/mol. The zero-order valence-electron chi connectivity index (χ0n) is 11.0. The lowest BCUT2D eigenvalue weighted by Crippen LogP contribution is -2.35. The van der Waals surface area contributed by atoms with Crippen molar-refractivity contribution < 1.29 is 4.21 Å². The minimum absolute atomic E-state index is 0.169. The molecule has 0 aliphatic rings. The summed E-state index contributed by atoms with van der Waals surface area (Å²) in [6, 6.07) is 6.88. The maximum Gasteiger partial charge on any atom is 0.0976 e. The fraction of sp³-hybridized carbons (Fsp3) is 0.462. The maximum atomic E-state index is 12.1. The fourth-order valence-corrected chi connectivity index (χ4v) is 2.66. The van der Waals surface area contributed by atoms with Crippen LogP contribution in [0.3, 0.4) is 0 Å². The van der Waals surface area contributed by atoms with Gasteiger partial charge in [0.15, 0.2) is 0 Å². The number of halogens is 2. The highest BCUT2D eigenvalue weighted by Crippen LogP contribution is 2.32. The lowest BCUT2D eigenvalue weighted by molar-refractivity contribution is 0.603. The van der Waals surface area contributed by atoms with E-state index in [2.05, 4.69) is 10.8 Å². The summed E-state index contributed by atoms with van der Waals surface area (Å²) in [5.41, 5.74) is 0.688. The van der Waals surface area contributed by atoms with Gasteiger partial charge in [-0.25, -0.2) is 8.93 Å². The van der Waals surface area contributed by atoms with Gasteiger partial charge in [-0.15, -0.1) is 0 Å². The minimum atomic E-state index is -1.29. The van der Waals surface area contributed by atoms with Crippen molar-refractivity contribution in [3.05, 3.63) is 33.8 Å². The number of nitriles is 1. The number of rotatable bonds is 4. The minimum Gasteiger partial charge on any atom is -0.242 e. The first-order chi connectivity index (χ1) is 8.77. The molecule has 19 heavy (non-hydrogen) atoms. The Labute approximate surface area is 126 Å². The molecule has 1 aromatic rings. The van der Waals surface area contributed by atoms with Crippen molar-refractivity contribution in [2.24, 2.45) is 0 Å². The number of nitrogens with zero attached hydrogens (tertiary/aromatic N) is 1. The predicted octanol–water partition coefficient (Wildman–Crippen LogP) is 4.00. The normalized spacial score (nSPS) is 14.7. The summed E-state index contributed by atoms with van der Waals surface area (Å²) >= 11 is 12.1. The molecule has 0 aliphatic heterocycles. The van der Waals surface area contributed by atoms with E-state index >= 15 is 0 Å². The third kappa shape index (κ3) is 4.47. The van der Waals surface area contributed by atoms with Crippen molar-refractivity contribution in [2.45, 2.75) is 38.0 Å². The zero-order valence-corrected chi connectivity index (χ0v) is 13.4. The van der Waals surface area contributed by atoms with Gasteiger partial charge in [-0.05, 0) is 32.4 Å².